The summed E-state index contributed by atoms with van der Waals surface area (Å²) in [6, 6.07) is 4.81. The van der Waals surface area contributed by atoms with Crippen LogP contribution in [0, 0.1) is 6.92 Å². The second kappa shape index (κ2) is 8.02. The predicted molar refractivity (Wildman–Crippen MR) is 92.1 cm³/mol. The SMILES string of the molecule is CCc1noc(C)c1C(=O)OC(C)C(=O)Nc1cc(Cl)ccc1OC. The summed E-state index contributed by atoms with van der Waals surface area (Å²) in [5.74, 6) is -0.372. The number of hydrogen-bond donors (Lipinski definition) is 1. The molecule has 0 saturated heterocycles. The molecule has 1 N–H and O–H groups in total. The van der Waals surface area contributed by atoms with Gasteiger partial charge in [0.1, 0.15) is 17.1 Å². The fourth-order valence-electron chi connectivity index (χ4n) is 2.21. The van der Waals surface area contributed by atoms with E-state index in [0.717, 1.165) is 0 Å². The van der Waals surface area contributed by atoms with Crippen LogP contribution in [0.25, 0.3) is 0 Å². The van der Waals surface area contributed by atoms with Gasteiger partial charge in [0.05, 0.1) is 18.5 Å². The number of methoxy groups -OCH3 is 1. The predicted octanol–water partition coefficient (Wildman–Crippen LogP) is 3.39. The Labute approximate surface area is 150 Å². The second-order valence-corrected chi connectivity index (χ2v) is 5.73. The van der Waals surface area contributed by atoms with Crippen molar-refractivity contribution in [3.63, 3.8) is 0 Å². The first-order valence-electron chi connectivity index (χ1n) is 7.67. The minimum atomic E-state index is -1.03. The number of carbonyl (C=O) groups excluding carboxylic acids is 2. The minimum absolute atomic E-state index is 0.252. The lowest BCUT2D eigenvalue weighted by molar-refractivity contribution is -0.123. The van der Waals surface area contributed by atoms with Crippen molar-refractivity contribution in [1.29, 1.82) is 0 Å². The third-order valence-electron chi connectivity index (χ3n) is 3.54. The van der Waals surface area contributed by atoms with Crippen molar-refractivity contribution >= 4 is 29.2 Å². The highest BCUT2D eigenvalue weighted by molar-refractivity contribution is 6.31. The smallest absolute Gasteiger partial charge is 0.344 e. The van der Waals surface area contributed by atoms with Gasteiger partial charge in [-0.3, -0.25) is 4.79 Å². The summed E-state index contributed by atoms with van der Waals surface area (Å²) >= 11 is 5.93. The molecule has 2 aromatic rings. The van der Waals surface area contributed by atoms with E-state index in [1.165, 1.54) is 14.0 Å². The highest BCUT2D eigenvalue weighted by Gasteiger charge is 2.25. The van der Waals surface area contributed by atoms with E-state index < -0.39 is 18.0 Å². The van der Waals surface area contributed by atoms with E-state index in [9.17, 15) is 9.59 Å². The standard InChI is InChI=1S/C17H19ClN2O5/c1-5-12-15(9(2)25-20-12)17(22)24-10(3)16(21)19-13-8-11(18)6-7-14(13)23-4/h6-8,10H,5H2,1-4H3,(H,19,21). The molecule has 0 aliphatic carbocycles. The van der Waals surface area contributed by atoms with Gasteiger partial charge in [0.15, 0.2) is 6.10 Å². The fraction of sp³-hybridized carbons (Fsp3) is 0.353. The molecule has 0 bridgehead atoms. The molecule has 2 rings (SSSR count). The molecule has 8 heteroatoms. The summed E-state index contributed by atoms with van der Waals surface area (Å²) < 4.78 is 15.4. The topological polar surface area (TPSA) is 90.7 Å². The monoisotopic (exact) mass is 366 g/mol. The Morgan fingerprint density at radius 3 is 2.76 bits per heavy atom. The number of amides is 1. The fourth-order valence-corrected chi connectivity index (χ4v) is 2.38. The Bertz CT molecular complexity index is 787. The van der Waals surface area contributed by atoms with E-state index in [-0.39, 0.29) is 5.56 Å². The molecule has 0 radical (unpaired) electrons. The van der Waals surface area contributed by atoms with Crippen LogP contribution in [0.2, 0.25) is 5.02 Å². The molecule has 1 unspecified atom stereocenters. The lowest BCUT2D eigenvalue weighted by Crippen LogP contribution is -2.30. The quantitative estimate of drug-likeness (QED) is 0.788. The zero-order valence-corrected chi connectivity index (χ0v) is 15.1. The molecule has 25 heavy (non-hydrogen) atoms. The summed E-state index contributed by atoms with van der Waals surface area (Å²) in [5.41, 5.74) is 1.13. The molecule has 0 spiro atoms. The van der Waals surface area contributed by atoms with Crippen molar-refractivity contribution in [3.05, 3.63) is 40.2 Å². The summed E-state index contributed by atoms with van der Waals surface area (Å²) in [7, 11) is 1.48. The molecular weight excluding hydrogens is 348 g/mol. The Morgan fingerprint density at radius 2 is 2.12 bits per heavy atom. The van der Waals surface area contributed by atoms with Gasteiger partial charge in [-0.1, -0.05) is 23.7 Å². The van der Waals surface area contributed by atoms with Crippen LogP contribution < -0.4 is 10.1 Å². The number of esters is 1. The minimum Gasteiger partial charge on any atom is -0.495 e. The largest absolute Gasteiger partial charge is 0.495 e. The van der Waals surface area contributed by atoms with Gasteiger partial charge < -0.3 is 19.3 Å². The molecule has 1 heterocycles. The average molecular weight is 367 g/mol. The molecular formula is C17H19ClN2O5. The van der Waals surface area contributed by atoms with E-state index in [1.807, 2.05) is 6.92 Å². The summed E-state index contributed by atoms with van der Waals surface area (Å²) in [4.78, 5) is 24.6. The zero-order valence-electron chi connectivity index (χ0n) is 14.4. The van der Waals surface area contributed by atoms with E-state index >= 15 is 0 Å². The Hall–Kier alpha value is -2.54. The molecule has 1 aromatic carbocycles. The van der Waals surface area contributed by atoms with Gasteiger partial charge in [-0.2, -0.15) is 0 Å². The van der Waals surface area contributed by atoms with Gasteiger partial charge in [-0.05, 0) is 38.5 Å². The number of rotatable bonds is 6. The number of ether oxygens (including phenoxy) is 2. The Morgan fingerprint density at radius 1 is 1.40 bits per heavy atom. The number of carbonyl (C=O) groups is 2. The second-order valence-electron chi connectivity index (χ2n) is 5.30. The first-order valence-corrected chi connectivity index (χ1v) is 8.05. The lowest BCUT2D eigenvalue weighted by Gasteiger charge is -2.15. The number of benzene rings is 1. The van der Waals surface area contributed by atoms with Crippen molar-refractivity contribution in [2.45, 2.75) is 33.3 Å². The van der Waals surface area contributed by atoms with Crippen molar-refractivity contribution in [2.75, 3.05) is 12.4 Å². The van der Waals surface area contributed by atoms with E-state index in [1.54, 1.807) is 25.1 Å². The number of nitrogens with one attached hydrogen (secondary N) is 1. The van der Waals surface area contributed by atoms with Gasteiger partial charge in [0.2, 0.25) is 0 Å². The maximum absolute atomic E-state index is 12.3. The van der Waals surface area contributed by atoms with Gasteiger partial charge in [0, 0.05) is 5.02 Å². The average Bonchev–Trinajstić information content (AvgIpc) is 2.95. The van der Waals surface area contributed by atoms with E-state index in [4.69, 9.17) is 25.6 Å². The highest BCUT2D eigenvalue weighted by atomic mass is 35.5. The van der Waals surface area contributed by atoms with Crippen LogP contribution >= 0.6 is 11.6 Å². The zero-order chi connectivity index (χ0) is 18.6. The molecule has 0 fully saturated rings. The van der Waals surface area contributed by atoms with Crippen LogP contribution in [-0.2, 0) is 16.0 Å². The maximum Gasteiger partial charge on any atom is 0.344 e. The molecule has 0 aliphatic rings. The molecule has 1 atom stereocenters. The molecule has 0 saturated carbocycles. The summed E-state index contributed by atoms with van der Waals surface area (Å²) in [6.07, 6.45) is -0.516. The van der Waals surface area contributed by atoms with Gasteiger partial charge in [-0.25, -0.2) is 4.79 Å². The highest BCUT2D eigenvalue weighted by Crippen LogP contribution is 2.28. The van der Waals surface area contributed by atoms with Gasteiger partial charge >= 0.3 is 5.97 Å². The van der Waals surface area contributed by atoms with Gasteiger partial charge in [-0.15, -0.1) is 0 Å². The van der Waals surface area contributed by atoms with Crippen LogP contribution in [-0.4, -0.2) is 30.2 Å². The first kappa shape index (κ1) is 18.8. The number of nitrogens with zero attached hydrogens (tertiary/aromatic N) is 1. The summed E-state index contributed by atoms with van der Waals surface area (Å²) in [5, 5.41) is 6.87. The van der Waals surface area contributed by atoms with Crippen molar-refractivity contribution in [3.8, 4) is 5.75 Å². The number of aryl methyl sites for hydroxylation is 2. The maximum atomic E-state index is 12.3. The van der Waals surface area contributed by atoms with Crippen LogP contribution in [0.5, 0.6) is 5.75 Å². The molecule has 1 aromatic heterocycles. The lowest BCUT2D eigenvalue weighted by atomic mass is 10.1. The van der Waals surface area contributed by atoms with Crippen LogP contribution in [0.3, 0.4) is 0 Å². The van der Waals surface area contributed by atoms with Crippen molar-refractivity contribution < 1.29 is 23.6 Å². The van der Waals surface area contributed by atoms with E-state index in [0.29, 0.717) is 34.3 Å². The molecule has 0 aliphatic heterocycles. The third-order valence-corrected chi connectivity index (χ3v) is 3.78. The number of halogens is 1. The number of aromatic nitrogens is 1. The van der Waals surface area contributed by atoms with Crippen molar-refractivity contribution in [2.24, 2.45) is 0 Å². The third kappa shape index (κ3) is 4.30. The van der Waals surface area contributed by atoms with Crippen LogP contribution in [0.4, 0.5) is 5.69 Å². The number of hydrogen-bond acceptors (Lipinski definition) is 6. The summed E-state index contributed by atoms with van der Waals surface area (Å²) in [6.45, 7) is 4.93. The molecule has 7 nitrogen and oxygen atoms in total. The van der Waals surface area contributed by atoms with Gasteiger partial charge in [0.25, 0.3) is 5.91 Å². The van der Waals surface area contributed by atoms with Crippen LogP contribution in [0.15, 0.2) is 22.7 Å². The first-order chi connectivity index (χ1) is 11.9. The Balaban J connectivity index is 2.09. The normalized spacial score (nSPS) is 11.7. The molecule has 1 amide bonds. The Kier molecular flexibility index (Phi) is 6.03. The molecule has 134 valence electrons. The van der Waals surface area contributed by atoms with Crippen LogP contribution in [0.1, 0.15) is 35.7 Å². The van der Waals surface area contributed by atoms with E-state index in [2.05, 4.69) is 10.5 Å². The van der Waals surface area contributed by atoms with Crippen molar-refractivity contribution in [1.82, 2.24) is 5.16 Å². The number of anilines is 1.